The van der Waals surface area contributed by atoms with Crippen molar-refractivity contribution in [2.24, 2.45) is 0 Å². The molecule has 2 nitrogen and oxygen atoms in total. The molecule has 1 atom stereocenters. The Balaban J connectivity index is 5.86. The highest BCUT2D eigenvalue weighted by atomic mass is 27.2. The van der Waals surface area contributed by atoms with Gasteiger partial charge in [0, 0.05) is 6.42 Å². The number of ketones is 1. The molecule has 0 aliphatic rings. The average molecular weight is 633 g/mol. The number of unbranched alkanes of at least 4 members (excludes halogenated alkanes) is 21. The van der Waals surface area contributed by atoms with Gasteiger partial charge in [0.2, 0.25) is 0 Å². The number of hydrogen-bond acceptors (Lipinski definition) is 2. The number of hydrogen-bond donors (Lipinski definition) is 0. The van der Waals surface area contributed by atoms with Crippen molar-refractivity contribution in [2.75, 3.05) is 0 Å². The molecule has 252 valence electrons. The quantitative estimate of drug-likeness (QED) is 0.0396. The first kappa shape index (κ1) is 43.4. The molecule has 0 aromatic rings. The summed E-state index contributed by atoms with van der Waals surface area (Å²) >= 11 is -2.59. The number of aldehydes is 1. The summed E-state index contributed by atoms with van der Waals surface area (Å²) in [6.45, 7) is 11.3. The zero-order valence-electron chi connectivity index (χ0n) is 30.5. The van der Waals surface area contributed by atoms with E-state index in [4.69, 9.17) is 0 Å². The minimum Gasteiger partial charge on any atom is -0.303 e. The maximum absolute atomic E-state index is 14.2. The third-order valence-corrected chi connectivity index (χ3v) is 22.2. The number of carbonyl (C=O) groups excluding carboxylic acids is 2. The second-order valence-electron chi connectivity index (χ2n) is 14.3. The van der Waals surface area contributed by atoms with Gasteiger partial charge in [-0.15, -0.1) is 0 Å². The highest BCUT2D eigenvalue weighted by Crippen LogP contribution is 2.48. The van der Waals surface area contributed by atoms with Crippen molar-refractivity contribution >= 4 is 40.4 Å². The zero-order chi connectivity index (χ0) is 31.9. The first-order valence-corrected chi connectivity index (χ1v) is 24.4. The van der Waals surface area contributed by atoms with E-state index in [1.165, 1.54) is 175 Å². The fraction of sp³-hybridized carbons (Fsp3) is 0.949. The molecule has 0 saturated heterocycles. The van der Waals surface area contributed by atoms with E-state index in [1.807, 2.05) is 6.92 Å². The van der Waals surface area contributed by atoms with Crippen molar-refractivity contribution in [3.05, 3.63) is 0 Å². The van der Waals surface area contributed by atoms with Crippen molar-refractivity contribution in [1.29, 1.82) is 0 Å². The van der Waals surface area contributed by atoms with Gasteiger partial charge >= 0.3 is 0 Å². The molecule has 1 unspecified atom stereocenters. The molecular weight excluding hydrogens is 554 g/mol. The lowest BCUT2D eigenvalue weighted by Gasteiger charge is -2.42. The maximum atomic E-state index is 14.2. The van der Waals surface area contributed by atoms with Gasteiger partial charge < -0.3 is 9.59 Å². The maximum Gasteiger partial charge on any atom is 0.263 e. The fourth-order valence-corrected chi connectivity index (χ4v) is 20.8. The van der Waals surface area contributed by atoms with E-state index >= 15 is 0 Å². The van der Waals surface area contributed by atoms with Gasteiger partial charge in [-0.25, -0.2) is 0 Å². The molecule has 0 N–H and O–H groups in total. The Morgan fingerprint density at radius 2 is 0.744 bits per heavy atom. The van der Waals surface area contributed by atoms with Crippen LogP contribution in [0.2, 0.25) is 24.3 Å². The van der Waals surface area contributed by atoms with Crippen molar-refractivity contribution in [1.82, 2.24) is 0 Å². The minimum absolute atomic E-state index is 0.0453. The van der Waals surface area contributed by atoms with Crippen LogP contribution in [0.15, 0.2) is 0 Å². The van der Waals surface area contributed by atoms with Crippen LogP contribution in [0.1, 0.15) is 208 Å². The van der Waals surface area contributed by atoms with Crippen LogP contribution in [0.5, 0.6) is 0 Å². The van der Waals surface area contributed by atoms with Gasteiger partial charge in [0.15, 0.2) is 0 Å². The average Bonchev–Trinajstić information content (AvgIpc) is 3.00. The Kier molecular flexibility index (Phi) is 32.7. The lowest BCUT2D eigenvalue weighted by molar-refractivity contribution is -0.118. The lowest BCUT2D eigenvalue weighted by Crippen LogP contribution is -2.49. The largest absolute Gasteiger partial charge is 0.303 e. The molecule has 0 rings (SSSR count). The monoisotopic (exact) mass is 633 g/mol. The molecule has 0 saturated carbocycles. The summed E-state index contributed by atoms with van der Waals surface area (Å²) in [6, 6.07) is 0. The van der Waals surface area contributed by atoms with Crippen molar-refractivity contribution in [3.8, 4) is 0 Å². The van der Waals surface area contributed by atoms with Crippen molar-refractivity contribution < 1.29 is 9.59 Å². The molecule has 0 radical (unpaired) electrons. The summed E-state index contributed by atoms with van der Waals surface area (Å²) in [5.41, 5.74) is 0. The van der Waals surface area contributed by atoms with E-state index in [-0.39, 0.29) is 3.14 Å². The van der Waals surface area contributed by atoms with Crippen LogP contribution >= 0.6 is 0 Å². The molecular formula is C39H78Al2O2. The third-order valence-electron chi connectivity index (χ3n) is 10.6. The van der Waals surface area contributed by atoms with E-state index in [2.05, 4.69) is 27.7 Å². The topological polar surface area (TPSA) is 34.1 Å². The first-order chi connectivity index (χ1) is 21.0. The molecule has 0 aromatic heterocycles. The summed E-state index contributed by atoms with van der Waals surface area (Å²) in [6.07, 6.45) is 36.5. The highest BCUT2D eigenvalue weighted by Gasteiger charge is 2.52. The Morgan fingerprint density at radius 3 is 1.02 bits per heavy atom. The molecule has 0 spiro atoms. The van der Waals surface area contributed by atoms with Gasteiger partial charge in [0.25, 0.3) is 28.3 Å². The van der Waals surface area contributed by atoms with Crippen LogP contribution in [-0.2, 0) is 9.59 Å². The van der Waals surface area contributed by atoms with Crippen LogP contribution < -0.4 is 0 Å². The Morgan fingerprint density at radius 1 is 0.465 bits per heavy atom. The number of rotatable bonds is 35. The summed E-state index contributed by atoms with van der Waals surface area (Å²) in [4.78, 5) is 25.7. The molecule has 4 heteroatoms. The molecule has 0 bridgehead atoms. The van der Waals surface area contributed by atoms with E-state index in [9.17, 15) is 9.59 Å². The summed E-state index contributed by atoms with van der Waals surface area (Å²) < 4.78 is 0.0453. The molecule has 0 aliphatic heterocycles. The second-order valence-corrected chi connectivity index (χ2v) is 22.1. The third kappa shape index (κ3) is 21.8. The van der Waals surface area contributed by atoms with Crippen LogP contribution in [0, 0.1) is 0 Å². The predicted octanol–water partition coefficient (Wildman–Crippen LogP) is 13.7. The Hall–Kier alpha value is 0.405. The molecule has 43 heavy (non-hydrogen) atoms. The molecule has 0 amide bonds. The zero-order valence-corrected chi connectivity index (χ0v) is 32.8. The van der Waals surface area contributed by atoms with Crippen LogP contribution in [0.4, 0.5) is 0 Å². The van der Waals surface area contributed by atoms with Gasteiger partial charge in [0.05, 0.1) is 0 Å². The summed E-state index contributed by atoms with van der Waals surface area (Å²) in [7, 11) is 0. The summed E-state index contributed by atoms with van der Waals surface area (Å²) in [5.74, 6) is 0.580. The van der Waals surface area contributed by atoms with Gasteiger partial charge in [0.1, 0.15) is 12.1 Å². The Labute approximate surface area is 280 Å². The lowest BCUT2D eigenvalue weighted by atomic mass is 10.1. The smallest absolute Gasteiger partial charge is 0.263 e. The minimum atomic E-state index is -1.30. The van der Waals surface area contributed by atoms with Crippen LogP contribution in [-0.4, -0.2) is 40.4 Å². The highest BCUT2D eigenvalue weighted by molar-refractivity contribution is 6.87. The van der Waals surface area contributed by atoms with Crippen LogP contribution in [0.25, 0.3) is 0 Å². The fourth-order valence-electron chi connectivity index (χ4n) is 7.97. The SMILES string of the molecule is CCCCCCCCC[CH2][Al]([CH2]CCCCCCCCC)[C](CCCC=O)(C(C)=O)[Al]([CH2]CCCCC)[CH2]CCCCC. The number of Topliss-reactive ketones (excluding diaryl/α,β-unsaturated/α-hetero) is 1. The normalized spacial score (nSPS) is 12.8. The standard InChI is InChI=1S/2C10H21.C7H10O2.2C6H13.2Al/c2*1-3-5-7-9-10-8-6-4-2;1-7(9)5-3-2-4-6-8;2*1-3-5-6-4-2;;/h2*1,3-10H2,2H3;6H,2-4H2,1H3;2*1,3-6H2,2H3;;. The summed E-state index contributed by atoms with van der Waals surface area (Å²) in [5, 5.41) is 5.54. The molecule has 0 heterocycles. The van der Waals surface area contributed by atoms with Gasteiger partial charge in [-0.05, 0) is 13.3 Å². The molecule has 0 fully saturated rings. The van der Waals surface area contributed by atoms with Crippen molar-refractivity contribution in [2.45, 2.75) is 232 Å². The van der Waals surface area contributed by atoms with E-state index in [0.717, 1.165) is 19.1 Å². The van der Waals surface area contributed by atoms with Crippen LogP contribution in [0.3, 0.4) is 0 Å². The van der Waals surface area contributed by atoms with Gasteiger partial charge in [-0.2, -0.15) is 0 Å². The molecule has 0 aliphatic carbocycles. The van der Waals surface area contributed by atoms with Crippen molar-refractivity contribution in [3.63, 3.8) is 0 Å². The second kappa shape index (κ2) is 32.3. The van der Waals surface area contributed by atoms with Gasteiger partial charge in [-0.3, -0.25) is 0 Å². The molecule has 0 aromatic carbocycles. The van der Waals surface area contributed by atoms with E-state index < -0.39 is 28.3 Å². The Bertz CT molecular complexity index is 578. The first-order valence-electron chi connectivity index (χ1n) is 20.0. The predicted molar refractivity (Wildman–Crippen MR) is 198 cm³/mol. The van der Waals surface area contributed by atoms with Gasteiger partial charge in [-0.1, -0.05) is 212 Å². The number of carbonyl (C=O) groups is 2. The van der Waals surface area contributed by atoms with E-state index in [1.54, 1.807) is 0 Å². The van der Waals surface area contributed by atoms with E-state index in [0.29, 0.717) is 12.2 Å².